The van der Waals surface area contributed by atoms with Crippen molar-refractivity contribution in [2.45, 2.75) is 23.2 Å². The van der Waals surface area contributed by atoms with Gasteiger partial charge in [0.1, 0.15) is 0 Å². The molecule has 3 rings (SSSR count). The van der Waals surface area contributed by atoms with E-state index < -0.39 is 9.85 Å². The monoisotopic (exact) mass is 596 g/mol. The van der Waals surface area contributed by atoms with E-state index in [-0.39, 0.29) is 5.56 Å². The molecule has 1 unspecified atom stereocenters. The molecule has 0 spiro atoms. The van der Waals surface area contributed by atoms with Gasteiger partial charge in [0, 0.05) is 18.1 Å². The fraction of sp³-hybridized carbons (Fsp3) is 0.286. The average Bonchev–Trinajstić information content (AvgIpc) is 2.55. The lowest BCUT2D eigenvalue weighted by Crippen LogP contribution is -2.21. The summed E-state index contributed by atoms with van der Waals surface area (Å²) in [7, 11) is 0. The average molecular weight is 596 g/mol. The molecular formula is C14H9F2I3. The van der Waals surface area contributed by atoms with Gasteiger partial charge in [0.05, 0.1) is 3.92 Å². The molecular weight excluding hydrogens is 587 g/mol. The molecule has 0 saturated heterocycles. The quantitative estimate of drug-likeness (QED) is 0.267. The number of hydrogen-bond acceptors (Lipinski definition) is 0. The molecule has 2 aromatic rings. The number of hydrogen-bond donors (Lipinski definition) is 0. The van der Waals surface area contributed by atoms with Crippen LogP contribution < -0.4 is 0 Å². The van der Waals surface area contributed by atoms with Crippen molar-refractivity contribution in [1.29, 1.82) is 0 Å². The van der Waals surface area contributed by atoms with Gasteiger partial charge < -0.3 is 0 Å². The summed E-state index contributed by atoms with van der Waals surface area (Å²) in [6.07, 6.45) is 0.458. The fourth-order valence-electron chi connectivity index (χ4n) is 2.56. The van der Waals surface area contributed by atoms with Gasteiger partial charge in [-0.2, -0.15) is 0 Å². The van der Waals surface area contributed by atoms with Gasteiger partial charge in [-0.15, -0.1) is 0 Å². The summed E-state index contributed by atoms with van der Waals surface area (Å²) in [6, 6.07) is 6.04. The number of rotatable bonds is 0. The molecule has 19 heavy (non-hydrogen) atoms. The molecule has 0 amide bonds. The molecule has 5 heteroatoms. The van der Waals surface area contributed by atoms with Crippen LogP contribution in [0.5, 0.6) is 0 Å². The summed E-state index contributed by atoms with van der Waals surface area (Å²) < 4.78 is 29.8. The maximum atomic E-state index is 14.3. The second-order valence-electron chi connectivity index (χ2n) is 4.81. The van der Waals surface area contributed by atoms with Gasteiger partial charge >= 0.3 is 0 Å². The number of fused-ring (bicyclic) bond motifs is 2. The Morgan fingerprint density at radius 3 is 2.58 bits per heavy atom. The van der Waals surface area contributed by atoms with Crippen LogP contribution in [0.4, 0.5) is 8.78 Å². The van der Waals surface area contributed by atoms with E-state index >= 15 is 0 Å². The Morgan fingerprint density at radius 2 is 1.89 bits per heavy atom. The Hall–Kier alpha value is 0.750. The van der Waals surface area contributed by atoms with Crippen LogP contribution in [-0.2, 0) is 12.3 Å². The van der Waals surface area contributed by atoms with E-state index in [9.17, 15) is 8.78 Å². The van der Waals surface area contributed by atoms with Gasteiger partial charge in [-0.1, -0.05) is 40.8 Å². The van der Waals surface area contributed by atoms with Crippen LogP contribution in [-0.4, -0.2) is 3.92 Å². The molecule has 0 fully saturated rings. The van der Waals surface area contributed by atoms with Gasteiger partial charge in [0.25, 0.3) is 5.92 Å². The van der Waals surface area contributed by atoms with Crippen molar-refractivity contribution in [2.24, 2.45) is 0 Å². The highest BCUT2D eigenvalue weighted by Gasteiger charge is 2.48. The molecule has 1 aliphatic carbocycles. The Kier molecular flexibility index (Phi) is 3.78. The Labute approximate surface area is 151 Å². The van der Waals surface area contributed by atoms with Gasteiger partial charge in [-0.25, -0.2) is 8.78 Å². The van der Waals surface area contributed by atoms with Gasteiger partial charge in [-0.3, -0.25) is 0 Å². The molecule has 0 heterocycles. The van der Waals surface area contributed by atoms with Crippen LogP contribution in [0.2, 0.25) is 0 Å². The van der Waals surface area contributed by atoms with Crippen molar-refractivity contribution in [3.8, 4) is 0 Å². The van der Waals surface area contributed by atoms with E-state index in [1.807, 2.05) is 41.6 Å². The molecule has 0 saturated carbocycles. The zero-order valence-electron chi connectivity index (χ0n) is 9.91. The third kappa shape index (κ3) is 2.13. The number of alkyl halides is 3. The van der Waals surface area contributed by atoms with E-state index in [1.54, 1.807) is 0 Å². The van der Waals surface area contributed by atoms with Crippen molar-refractivity contribution < 1.29 is 8.78 Å². The molecule has 2 aromatic carbocycles. The summed E-state index contributed by atoms with van der Waals surface area (Å²) in [5.41, 5.74) is 2.20. The van der Waals surface area contributed by atoms with Crippen LogP contribution in [0.25, 0.3) is 10.8 Å². The zero-order valence-corrected chi connectivity index (χ0v) is 16.4. The van der Waals surface area contributed by atoms with Gasteiger partial charge in [0.15, 0.2) is 0 Å². The lowest BCUT2D eigenvalue weighted by molar-refractivity contribution is 0.00837. The predicted octanol–water partition coefficient (Wildman–Crippen LogP) is 5.81. The van der Waals surface area contributed by atoms with Crippen LogP contribution in [0, 0.1) is 14.1 Å². The number of aryl methyl sites for hydroxylation is 1. The van der Waals surface area contributed by atoms with E-state index in [4.69, 9.17) is 0 Å². The van der Waals surface area contributed by atoms with Crippen molar-refractivity contribution in [1.82, 2.24) is 0 Å². The Morgan fingerprint density at radius 1 is 1.21 bits per heavy atom. The molecule has 0 aromatic heterocycles. The minimum absolute atomic E-state index is 0.253. The highest BCUT2D eigenvalue weighted by Crippen LogP contribution is 2.49. The smallest absolute Gasteiger partial charge is 0.200 e. The molecule has 0 aliphatic heterocycles. The van der Waals surface area contributed by atoms with Crippen LogP contribution >= 0.6 is 67.8 Å². The summed E-state index contributed by atoms with van der Waals surface area (Å²) >= 11 is 6.23. The molecule has 0 radical (unpaired) electrons. The topological polar surface area (TPSA) is 0 Å². The Balaban J connectivity index is 2.45. The van der Waals surface area contributed by atoms with Crippen LogP contribution in [0.1, 0.15) is 16.7 Å². The van der Waals surface area contributed by atoms with Gasteiger partial charge in [-0.05, 0) is 75.0 Å². The summed E-state index contributed by atoms with van der Waals surface area (Å²) in [6.45, 7) is 2.02. The van der Waals surface area contributed by atoms with Crippen molar-refractivity contribution in [3.05, 3.63) is 42.0 Å². The molecule has 1 aliphatic rings. The van der Waals surface area contributed by atoms with Crippen molar-refractivity contribution in [3.63, 3.8) is 0 Å². The maximum Gasteiger partial charge on any atom is 0.286 e. The fourth-order valence-corrected chi connectivity index (χ4v) is 5.91. The lowest BCUT2D eigenvalue weighted by atomic mass is 10.0. The SMILES string of the molecule is Cc1ccc2cc3c(c(I)c2c1I)C(F)(F)C(I)C3. The third-order valence-electron chi connectivity index (χ3n) is 3.58. The Bertz CT molecular complexity index is 695. The number of benzene rings is 2. The van der Waals surface area contributed by atoms with Crippen LogP contribution in [0.3, 0.4) is 0 Å². The largest absolute Gasteiger partial charge is 0.286 e. The summed E-state index contributed by atoms with van der Waals surface area (Å²) in [5, 5.41) is 2.05. The highest BCUT2D eigenvalue weighted by atomic mass is 127. The van der Waals surface area contributed by atoms with E-state index in [1.165, 1.54) is 0 Å². The van der Waals surface area contributed by atoms with Gasteiger partial charge in [0.2, 0.25) is 0 Å². The first-order valence-electron chi connectivity index (χ1n) is 5.76. The molecule has 0 N–H and O–H groups in total. The van der Waals surface area contributed by atoms with E-state index in [2.05, 4.69) is 51.2 Å². The van der Waals surface area contributed by atoms with Crippen molar-refractivity contribution in [2.75, 3.05) is 0 Å². The van der Waals surface area contributed by atoms with E-state index in [0.717, 1.165) is 29.0 Å². The lowest BCUT2D eigenvalue weighted by Gasteiger charge is -2.17. The standard InChI is InChI=1S/C14H9F2I3/c1-6-2-3-7-4-8-5-9(17)14(15,16)11(8)13(19)10(7)12(6)18/h2-4,9H,5H2,1H3. The third-order valence-corrected chi connectivity index (χ3v) is 7.27. The first kappa shape index (κ1) is 14.7. The second kappa shape index (κ2) is 4.89. The maximum absolute atomic E-state index is 14.3. The normalized spacial score (nSPS) is 20.8. The van der Waals surface area contributed by atoms with Crippen LogP contribution in [0.15, 0.2) is 18.2 Å². The predicted molar refractivity (Wildman–Crippen MR) is 99.5 cm³/mol. The first-order chi connectivity index (χ1) is 8.84. The zero-order chi connectivity index (χ0) is 13.9. The highest BCUT2D eigenvalue weighted by molar-refractivity contribution is 14.1. The van der Waals surface area contributed by atoms with E-state index in [0.29, 0.717) is 6.42 Å². The summed E-state index contributed by atoms with van der Waals surface area (Å²) in [4.78, 5) is 0. The first-order valence-corrected chi connectivity index (χ1v) is 9.17. The molecule has 100 valence electrons. The minimum Gasteiger partial charge on any atom is -0.200 e. The molecule has 0 nitrogen and oxygen atoms in total. The molecule has 1 atom stereocenters. The molecule has 0 bridgehead atoms. The minimum atomic E-state index is -2.71. The summed E-state index contributed by atoms with van der Waals surface area (Å²) in [5.74, 6) is -2.71. The van der Waals surface area contributed by atoms with Crippen molar-refractivity contribution >= 4 is 78.5 Å². The number of halogens is 5. The second-order valence-corrected chi connectivity index (χ2v) is 8.47.